The molecular formula is C14H27N5O. The van der Waals surface area contributed by atoms with E-state index in [4.69, 9.17) is 4.74 Å². The predicted octanol–water partition coefficient (Wildman–Crippen LogP) is 3.08. The Morgan fingerprint density at radius 2 is 1.75 bits per heavy atom. The van der Waals surface area contributed by atoms with Crippen LogP contribution in [-0.4, -0.2) is 33.1 Å². The van der Waals surface area contributed by atoms with E-state index in [0.29, 0.717) is 17.9 Å². The van der Waals surface area contributed by atoms with Crippen LogP contribution in [0.15, 0.2) is 0 Å². The molecule has 0 saturated carbocycles. The highest BCUT2D eigenvalue weighted by molar-refractivity contribution is 5.37. The normalized spacial score (nSPS) is 11.6. The van der Waals surface area contributed by atoms with Gasteiger partial charge in [-0.05, 0) is 40.5 Å². The topological polar surface area (TPSA) is 72.0 Å². The van der Waals surface area contributed by atoms with E-state index in [2.05, 4.69) is 53.3 Å². The van der Waals surface area contributed by atoms with Crippen LogP contribution >= 0.6 is 0 Å². The maximum absolute atomic E-state index is 5.58. The van der Waals surface area contributed by atoms with Crippen molar-refractivity contribution in [2.75, 3.05) is 17.2 Å². The number of nitrogens with zero attached hydrogens (tertiary/aromatic N) is 3. The third kappa shape index (κ3) is 5.59. The molecule has 114 valence electrons. The van der Waals surface area contributed by atoms with Crippen molar-refractivity contribution in [1.29, 1.82) is 0 Å². The first-order chi connectivity index (χ1) is 9.36. The summed E-state index contributed by atoms with van der Waals surface area (Å²) in [7, 11) is 0. The van der Waals surface area contributed by atoms with Crippen LogP contribution in [0.25, 0.3) is 0 Å². The van der Waals surface area contributed by atoms with Gasteiger partial charge in [-0.15, -0.1) is 0 Å². The Balaban J connectivity index is 2.96. The quantitative estimate of drug-likeness (QED) is 0.763. The first-order valence-corrected chi connectivity index (χ1v) is 7.31. The second-order valence-electron chi connectivity index (χ2n) is 5.72. The van der Waals surface area contributed by atoms with Gasteiger partial charge in [-0.25, -0.2) is 0 Å². The third-order valence-corrected chi connectivity index (χ3v) is 2.82. The summed E-state index contributed by atoms with van der Waals surface area (Å²) in [6.07, 6.45) is 2.01. The van der Waals surface area contributed by atoms with Crippen molar-refractivity contribution in [3.05, 3.63) is 0 Å². The van der Waals surface area contributed by atoms with Crippen molar-refractivity contribution in [2.45, 2.75) is 66.0 Å². The third-order valence-electron chi connectivity index (χ3n) is 2.82. The second kappa shape index (κ2) is 7.26. The lowest BCUT2D eigenvalue weighted by Gasteiger charge is -2.24. The second-order valence-corrected chi connectivity index (χ2v) is 5.72. The lowest BCUT2D eigenvalue weighted by atomic mass is 10.0. The smallest absolute Gasteiger partial charge is 0.323 e. The van der Waals surface area contributed by atoms with Crippen LogP contribution in [-0.2, 0) is 0 Å². The summed E-state index contributed by atoms with van der Waals surface area (Å²) >= 11 is 0. The van der Waals surface area contributed by atoms with E-state index < -0.39 is 0 Å². The highest BCUT2D eigenvalue weighted by atomic mass is 16.5. The van der Waals surface area contributed by atoms with Crippen molar-refractivity contribution in [3.63, 3.8) is 0 Å². The van der Waals surface area contributed by atoms with Gasteiger partial charge in [-0.3, -0.25) is 0 Å². The van der Waals surface area contributed by atoms with E-state index in [0.717, 1.165) is 19.4 Å². The minimum absolute atomic E-state index is 0.0310. The molecule has 0 unspecified atom stereocenters. The predicted molar refractivity (Wildman–Crippen MR) is 82.4 cm³/mol. The lowest BCUT2D eigenvalue weighted by Crippen LogP contribution is -2.31. The summed E-state index contributed by atoms with van der Waals surface area (Å²) in [6, 6.07) is 0.350. The zero-order valence-corrected chi connectivity index (χ0v) is 13.4. The molecule has 20 heavy (non-hydrogen) atoms. The number of anilines is 2. The maximum atomic E-state index is 5.58. The number of hydrogen-bond acceptors (Lipinski definition) is 6. The van der Waals surface area contributed by atoms with Gasteiger partial charge in [0.15, 0.2) is 0 Å². The molecule has 0 aromatic carbocycles. The van der Waals surface area contributed by atoms with E-state index in [1.165, 1.54) is 0 Å². The molecule has 0 aliphatic rings. The Morgan fingerprint density at radius 1 is 1.10 bits per heavy atom. The number of aromatic nitrogens is 3. The van der Waals surface area contributed by atoms with Crippen molar-refractivity contribution in [2.24, 2.45) is 0 Å². The summed E-state index contributed by atoms with van der Waals surface area (Å²) in [6.45, 7) is 13.2. The first-order valence-electron chi connectivity index (χ1n) is 7.31. The minimum Gasteiger partial charge on any atom is -0.461 e. The van der Waals surface area contributed by atoms with Crippen LogP contribution in [0.5, 0.6) is 6.01 Å². The molecule has 1 rings (SSSR count). The zero-order chi connectivity index (χ0) is 15.2. The Bertz CT molecular complexity index is 420. The number of nitrogens with one attached hydrogen (secondary N) is 2. The summed E-state index contributed by atoms with van der Waals surface area (Å²) < 4.78 is 5.58. The van der Waals surface area contributed by atoms with Crippen LogP contribution in [0, 0.1) is 0 Å². The molecule has 6 heteroatoms. The van der Waals surface area contributed by atoms with Gasteiger partial charge < -0.3 is 15.4 Å². The van der Waals surface area contributed by atoms with Gasteiger partial charge in [0.1, 0.15) is 0 Å². The Kier molecular flexibility index (Phi) is 5.98. The summed E-state index contributed by atoms with van der Waals surface area (Å²) in [5.41, 5.74) is -0.0710. The fourth-order valence-electron chi connectivity index (χ4n) is 1.38. The number of ether oxygens (including phenoxy) is 1. The largest absolute Gasteiger partial charge is 0.461 e. The van der Waals surface area contributed by atoms with Gasteiger partial charge in [0.2, 0.25) is 11.9 Å². The Labute approximate surface area is 121 Å². The van der Waals surface area contributed by atoms with Crippen molar-refractivity contribution in [1.82, 2.24) is 15.0 Å². The van der Waals surface area contributed by atoms with Gasteiger partial charge in [-0.2, -0.15) is 15.0 Å². The van der Waals surface area contributed by atoms with Crippen molar-refractivity contribution < 1.29 is 4.74 Å². The fraction of sp³-hybridized carbons (Fsp3) is 0.786. The van der Waals surface area contributed by atoms with Gasteiger partial charge in [0, 0.05) is 12.1 Å². The van der Waals surface area contributed by atoms with Gasteiger partial charge in [-0.1, -0.05) is 13.8 Å². The van der Waals surface area contributed by atoms with Crippen LogP contribution in [0.3, 0.4) is 0 Å². The highest BCUT2D eigenvalue weighted by Crippen LogP contribution is 2.18. The van der Waals surface area contributed by atoms with E-state index in [1.807, 2.05) is 13.8 Å². The molecule has 1 heterocycles. The molecule has 0 saturated heterocycles. The molecule has 0 amide bonds. The molecule has 0 spiro atoms. The minimum atomic E-state index is -0.0710. The van der Waals surface area contributed by atoms with Crippen LogP contribution in [0.4, 0.5) is 11.9 Å². The maximum Gasteiger partial charge on any atom is 0.323 e. The molecule has 1 aromatic heterocycles. The first kappa shape index (κ1) is 16.5. The SMILES string of the molecule is CCCNc1nc(NC(C)(C)CC)nc(OC(C)C)n1. The van der Waals surface area contributed by atoms with E-state index in [9.17, 15) is 0 Å². The number of hydrogen-bond donors (Lipinski definition) is 2. The average Bonchev–Trinajstić information content (AvgIpc) is 2.34. The van der Waals surface area contributed by atoms with Crippen LogP contribution < -0.4 is 15.4 Å². The fourth-order valence-corrected chi connectivity index (χ4v) is 1.38. The summed E-state index contributed by atoms with van der Waals surface area (Å²) in [4.78, 5) is 13.0. The van der Waals surface area contributed by atoms with Gasteiger partial charge in [0.05, 0.1) is 6.10 Å². The molecule has 0 atom stereocenters. The summed E-state index contributed by atoms with van der Waals surface area (Å²) in [5.74, 6) is 1.09. The van der Waals surface area contributed by atoms with Gasteiger partial charge >= 0.3 is 6.01 Å². The highest BCUT2D eigenvalue weighted by Gasteiger charge is 2.18. The summed E-state index contributed by atoms with van der Waals surface area (Å²) in [5, 5.41) is 6.49. The van der Waals surface area contributed by atoms with Crippen molar-refractivity contribution >= 4 is 11.9 Å². The molecule has 0 radical (unpaired) electrons. The van der Waals surface area contributed by atoms with Gasteiger partial charge in [0.25, 0.3) is 0 Å². The van der Waals surface area contributed by atoms with Crippen molar-refractivity contribution in [3.8, 4) is 6.01 Å². The van der Waals surface area contributed by atoms with E-state index in [1.54, 1.807) is 0 Å². The standard InChI is InChI=1S/C14H27N5O/c1-7-9-15-11-16-12(19-14(5,6)8-2)18-13(17-11)20-10(3)4/h10H,7-9H2,1-6H3,(H2,15,16,17,18,19). The average molecular weight is 281 g/mol. The molecular weight excluding hydrogens is 254 g/mol. The molecule has 0 aliphatic heterocycles. The number of rotatable bonds is 8. The molecule has 0 bridgehead atoms. The van der Waals surface area contributed by atoms with Crippen LogP contribution in [0.1, 0.15) is 54.4 Å². The molecule has 0 aliphatic carbocycles. The molecule has 1 aromatic rings. The zero-order valence-electron chi connectivity index (χ0n) is 13.4. The molecule has 2 N–H and O–H groups in total. The van der Waals surface area contributed by atoms with E-state index in [-0.39, 0.29) is 11.6 Å². The van der Waals surface area contributed by atoms with Crippen LogP contribution in [0.2, 0.25) is 0 Å². The van der Waals surface area contributed by atoms with E-state index >= 15 is 0 Å². The molecule has 6 nitrogen and oxygen atoms in total. The molecule has 0 fully saturated rings. The monoisotopic (exact) mass is 281 g/mol. The Hall–Kier alpha value is -1.59. The lowest BCUT2D eigenvalue weighted by molar-refractivity contribution is 0.222. The Morgan fingerprint density at radius 3 is 2.30 bits per heavy atom.